The molecule has 0 amide bonds. The van der Waals surface area contributed by atoms with Gasteiger partial charge in [0.1, 0.15) is 23.0 Å². The Morgan fingerprint density at radius 1 is 0.316 bits per heavy atom. The van der Waals surface area contributed by atoms with E-state index < -0.39 is 74.6 Å². The van der Waals surface area contributed by atoms with Gasteiger partial charge in [-0.15, -0.1) is 0 Å². The molecule has 4 unspecified atom stereocenters. The van der Waals surface area contributed by atoms with Crippen LogP contribution in [0.3, 0.4) is 0 Å². The summed E-state index contributed by atoms with van der Waals surface area (Å²) < 4.78 is 196. The summed E-state index contributed by atoms with van der Waals surface area (Å²) in [6.45, 7) is 0. The minimum absolute atomic E-state index is 0. The van der Waals surface area contributed by atoms with Crippen LogP contribution in [0.2, 0.25) is 0 Å². The molecule has 0 saturated heterocycles. The number of benzene rings is 4. The van der Waals surface area contributed by atoms with Crippen LogP contribution < -0.4 is 18.1 Å². The van der Waals surface area contributed by atoms with Crippen LogP contribution in [0.5, 0.6) is 23.0 Å². The Balaban J connectivity index is 0.000000729. The number of rotatable bonds is 16. The van der Waals surface area contributed by atoms with Crippen molar-refractivity contribution in [2.24, 2.45) is 0 Å². The van der Waals surface area contributed by atoms with E-state index in [1.54, 1.807) is 72.8 Å². The minimum Gasteiger partial charge on any atom is -0.725 e. The van der Waals surface area contributed by atoms with Crippen molar-refractivity contribution in [3.8, 4) is 23.0 Å². The molecule has 0 aliphatic carbocycles. The summed E-state index contributed by atoms with van der Waals surface area (Å²) in [5.74, 6) is 0.667. The first-order valence-corrected chi connectivity index (χ1v) is 23.8. The summed E-state index contributed by atoms with van der Waals surface area (Å²) in [7, 11) is -33.3. The zero-order chi connectivity index (χ0) is 42.4. The van der Waals surface area contributed by atoms with E-state index in [4.69, 9.17) is 0 Å². The van der Waals surface area contributed by atoms with Gasteiger partial charge in [0.2, 0.25) is 41.6 Å². The third-order valence-electron chi connectivity index (χ3n) is 4.46. The maximum Gasteiger partial charge on any atom is 4.00 e. The van der Waals surface area contributed by atoms with Crippen molar-refractivity contribution in [1.82, 2.24) is 0 Å². The molecule has 0 aromatic heterocycles. The SMILES string of the molecule is O=[PH](Oc1ccccc1)OS(=O)(=O)[O-].O=[PH](Oc1ccccc1)OS(=O)(=O)[O-].O=[PH](Oc1ccccc1)OS(=O)(=O)[O-].O=[PH](Oc1ccccc1)OS(=O)(=O)[O-].[Zr+4]. The van der Waals surface area contributed by atoms with Gasteiger partial charge in [0, 0.05) is 0 Å². The van der Waals surface area contributed by atoms with E-state index in [1.165, 1.54) is 48.5 Å². The van der Waals surface area contributed by atoms with Gasteiger partial charge in [0.05, 0.1) is 0 Å². The van der Waals surface area contributed by atoms with Crippen molar-refractivity contribution >= 4 is 74.6 Å². The minimum atomic E-state index is -4.99. The molecule has 24 nitrogen and oxygen atoms in total. The van der Waals surface area contributed by atoms with Crippen LogP contribution in [0.15, 0.2) is 121 Å². The van der Waals surface area contributed by atoms with Gasteiger partial charge >= 0.3 is 59.2 Å². The zero-order valence-electron chi connectivity index (χ0n) is 27.5. The largest absolute Gasteiger partial charge is 4.00 e. The molecule has 0 aliphatic rings. The van der Waals surface area contributed by atoms with Gasteiger partial charge in [-0.25, -0.2) is 51.9 Å². The first-order valence-electron chi connectivity index (χ1n) is 13.6. The molecule has 0 bridgehead atoms. The third-order valence-corrected chi connectivity index (χ3v) is 11.5. The van der Waals surface area contributed by atoms with Gasteiger partial charge in [-0.2, -0.15) is 15.9 Å². The second kappa shape index (κ2) is 27.2. The Hall–Kier alpha value is -2.64. The summed E-state index contributed by atoms with van der Waals surface area (Å²) in [6.07, 6.45) is 0. The van der Waals surface area contributed by atoms with Crippen molar-refractivity contribution < 1.29 is 130 Å². The van der Waals surface area contributed by atoms with E-state index in [9.17, 15) is 70.1 Å². The molecule has 4 atom stereocenters. The average molecular weight is 1040 g/mol. The summed E-state index contributed by atoms with van der Waals surface area (Å²) in [5.41, 5.74) is 0. The first kappa shape index (κ1) is 54.4. The van der Waals surface area contributed by atoms with E-state index in [-0.39, 0.29) is 49.2 Å². The third kappa shape index (κ3) is 33.0. The first-order chi connectivity index (χ1) is 25.9. The van der Waals surface area contributed by atoms with Gasteiger partial charge in [0.15, 0.2) is 0 Å². The predicted molar refractivity (Wildman–Crippen MR) is 187 cm³/mol. The van der Waals surface area contributed by atoms with Crippen LogP contribution in [-0.2, 0) is 102 Å². The molecular formula is C24H24O24P4S4Zr. The maximum atomic E-state index is 10.8. The van der Waals surface area contributed by atoms with Gasteiger partial charge < -0.3 is 36.3 Å². The molecule has 0 heterocycles. The Kier molecular flexibility index (Phi) is 25.9. The second-order valence-electron chi connectivity index (χ2n) is 8.63. The second-order valence-corrected chi connectivity index (χ2v) is 17.4. The van der Waals surface area contributed by atoms with Crippen LogP contribution >= 0.6 is 33.0 Å². The molecule has 0 aliphatic heterocycles. The van der Waals surface area contributed by atoms with Gasteiger partial charge in [-0.3, -0.25) is 0 Å². The summed E-state index contributed by atoms with van der Waals surface area (Å²) in [6, 6.07) is 31.1. The normalized spacial score (nSPS) is 13.3. The fourth-order valence-electron chi connectivity index (χ4n) is 2.74. The fourth-order valence-corrected chi connectivity index (χ4v) is 7.27. The summed E-state index contributed by atoms with van der Waals surface area (Å²) >= 11 is 0. The molecule has 0 fully saturated rings. The average Bonchev–Trinajstić information content (AvgIpc) is 3.04. The van der Waals surface area contributed by atoms with Gasteiger partial charge in [-0.1, -0.05) is 72.8 Å². The smallest absolute Gasteiger partial charge is 0.725 e. The Morgan fingerprint density at radius 2 is 0.456 bits per heavy atom. The molecule has 0 N–H and O–H groups in total. The van der Waals surface area contributed by atoms with Gasteiger partial charge in [-0.05, 0) is 48.5 Å². The summed E-state index contributed by atoms with van der Waals surface area (Å²) in [4.78, 5) is 0. The number of para-hydroxylation sites is 4. The topological polar surface area (TPSA) is 371 Å². The molecule has 0 saturated carbocycles. The fraction of sp³-hybridized carbons (Fsp3) is 0. The van der Waals surface area contributed by atoms with E-state index >= 15 is 0 Å². The number of hydrogen-bond donors (Lipinski definition) is 0. The van der Waals surface area contributed by atoms with Crippen molar-refractivity contribution in [2.45, 2.75) is 0 Å². The van der Waals surface area contributed by atoms with Crippen LogP contribution in [0.4, 0.5) is 0 Å². The molecule has 57 heavy (non-hydrogen) atoms. The standard InChI is InChI=1S/4C6H7O6PS.Zr/c4*7-13(12-14(8,9)10)11-6-4-2-1-3-5-6;/h4*1-5,13H,(H,8,9,10);/q;;;;+4/p-4. The Bertz CT molecular complexity index is 1990. The monoisotopic (exact) mass is 1040 g/mol. The van der Waals surface area contributed by atoms with E-state index in [0.29, 0.717) is 0 Å². The Labute approximate surface area is 347 Å². The van der Waals surface area contributed by atoms with E-state index in [1.807, 2.05) is 0 Å². The van der Waals surface area contributed by atoms with Crippen molar-refractivity contribution in [3.05, 3.63) is 121 Å². The van der Waals surface area contributed by atoms with Crippen LogP contribution in [0.25, 0.3) is 0 Å². The zero-order valence-corrected chi connectivity index (χ0v) is 37.2. The molecule has 4 rings (SSSR count). The molecule has 4 aromatic carbocycles. The van der Waals surface area contributed by atoms with E-state index in [2.05, 4.69) is 34.0 Å². The van der Waals surface area contributed by atoms with Crippen LogP contribution in [-0.4, -0.2) is 51.9 Å². The Morgan fingerprint density at radius 3 is 0.579 bits per heavy atom. The number of hydrogen-bond acceptors (Lipinski definition) is 24. The molecule has 33 heteroatoms. The van der Waals surface area contributed by atoms with Crippen LogP contribution in [0, 0.1) is 0 Å². The van der Waals surface area contributed by atoms with Gasteiger partial charge in [0.25, 0.3) is 0 Å². The molecule has 0 spiro atoms. The summed E-state index contributed by atoms with van der Waals surface area (Å²) in [5, 5.41) is 0. The van der Waals surface area contributed by atoms with Crippen molar-refractivity contribution in [1.29, 1.82) is 0 Å². The molecule has 312 valence electrons. The quantitative estimate of drug-likeness (QED) is 0.0876. The van der Waals surface area contributed by atoms with E-state index in [0.717, 1.165) is 0 Å². The van der Waals surface area contributed by atoms with Crippen molar-refractivity contribution in [3.63, 3.8) is 0 Å². The molecule has 4 aromatic rings. The van der Waals surface area contributed by atoms with Crippen LogP contribution in [0.1, 0.15) is 0 Å². The predicted octanol–water partition coefficient (Wildman–Crippen LogP) is 3.73. The van der Waals surface area contributed by atoms with Crippen molar-refractivity contribution in [2.75, 3.05) is 0 Å². The molecular weight excluding hydrogens is 1020 g/mol. The maximum absolute atomic E-state index is 10.8. The molecule has 0 radical (unpaired) electrons.